The monoisotopic (exact) mass is 456 g/mol. The van der Waals surface area contributed by atoms with Crippen molar-refractivity contribution in [2.24, 2.45) is 0 Å². The molecule has 0 heterocycles. The van der Waals surface area contributed by atoms with E-state index in [-0.39, 0.29) is 17.9 Å². The SMILES string of the molecule is CCC(C)NC(=O)C(CC)N(Cc1ccccc1Cl)C(=O)CCc1ccc(C(C)C)cc1. The van der Waals surface area contributed by atoms with E-state index in [2.05, 4.69) is 43.4 Å². The summed E-state index contributed by atoms with van der Waals surface area (Å²) in [6.45, 7) is 10.6. The number of hydrogen-bond donors (Lipinski definition) is 1. The van der Waals surface area contributed by atoms with Crippen LogP contribution < -0.4 is 5.32 Å². The van der Waals surface area contributed by atoms with Gasteiger partial charge in [-0.3, -0.25) is 9.59 Å². The van der Waals surface area contributed by atoms with E-state index in [1.807, 2.05) is 45.0 Å². The summed E-state index contributed by atoms with van der Waals surface area (Å²) in [5, 5.41) is 3.64. The lowest BCUT2D eigenvalue weighted by atomic mass is 10.00. The summed E-state index contributed by atoms with van der Waals surface area (Å²) in [6, 6.07) is 15.5. The smallest absolute Gasteiger partial charge is 0.243 e. The fourth-order valence-electron chi connectivity index (χ4n) is 3.63. The molecule has 0 spiro atoms. The zero-order valence-electron chi connectivity index (χ0n) is 20.0. The summed E-state index contributed by atoms with van der Waals surface area (Å²) in [6.07, 6.45) is 2.37. The first kappa shape index (κ1) is 25.9. The van der Waals surface area contributed by atoms with Crippen LogP contribution in [0.25, 0.3) is 0 Å². The van der Waals surface area contributed by atoms with Gasteiger partial charge in [-0.05, 0) is 54.9 Å². The second kappa shape index (κ2) is 12.6. The van der Waals surface area contributed by atoms with Crippen LogP contribution in [0.5, 0.6) is 0 Å². The van der Waals surface area contributed by atoms with E-state index >= 15 is 0 Å². The van der Waals surface area contributed by atoms with Gasteiger partial charge < -0.3 is 10.2 Å². The van der Waals surface area contributed by atoms with Gasteiger partial charge in [0, 0.05) is 24.0 Å². The van der Waals surface area contributed by atoms with Crippen LogP contribution in [-0.4, -0.2) is 28.8 Å². The highest BCUT2D eigenvalue weighted by molar-refractivity contribution is 6.31. The molecule has 0 fully saturated rings. The minimum Gasteiger partial charge on any atom is -0.352 e. The number of halogens is 1. The van der Waals surface area contributed by atoms with Crippen molar-refractivity contribution in [3.05, 3.63) is 70.2 Å². The first-order valence-electron chi connectivity index (χ1n) is 11.7. The van der Waals surface area contributed by atoms with Crippen LogP contribution >= 0.6 is 11.6 Å². The van der Waals surface area contributed by atoms with Gasteiger partial charge in [-0.1, -0.05) is 81.8 Å². The van der Waals surface area contributed by atoms with Crippen LogP contribution in [0.4, 0.5) is 0 Å². The number of rotatable bonds is 11. The summed E-state index contributed by atoms with van der Waals surface area (Å²) in [5.41, 5.74) is 3.25. The normalized spacial score (nSPS) is 13.0. The van der Waals surface area contributed by atoms with E-state index in [9.17, 15) is 9.59 Å². The van der Waals surface area contributed by atoms with Gasteiger partial charge in [0.15, 0.2) is 0 Å². The van der Waals surface area contributed by atoms with Crippen LogP contribution in [0.1, 0.15) is 76.5 Å². The molecule has 0 saturated carbocycles. The van der Waals surface area contributed by atoms with Gasteiger partial charge >= 0.3 is 0 Å². The highest BCUT2D eigenvalue weighted by Gasteiger charge is 2.29. The molecule has 0 bridgehead atoms. The number of carbonyl (C=O) groups excluding carboxylic acids is 2. The molecular weight excluding hydrogens is 420 g/mol. The highest BCUT2D eigenvalue weighted by Crippen LogP contribution is 2.21. The number of hydrogen-bond acceptors (Lipinski definition) is 2. The molecule has 174 valence electrons. The third kappa shape index (κ3) is 7.37. The van der Waals surface area contributed by atoms with Crippen LogP contribution in [0.15, 0.2) is 48.5 Å². The van der Waals surface area contributed by atoms with E-state index in [4.69, 9.17) is 11.6 Å². The van der Waals surface area contributed by atoms with Crippen molar-refractivity contribution in [3.8, 4) is 0 Å². The van der Waals surface area contributed by atoms with E-state index in [1.165, 1.54) is 5.56 Å². The molecule has 2 rings (SSSR count). The van der Waals surface area contributed by atoms with E-state index < -0.39 is 6.04 Å². The van der Waals surface area contributed by atoms with Gasteiger partial charge in [0.05, 0.1) is 0 Å². The van der Waals surface area contributed by atoms with Crippen LogP contribution in [0, 0.1) is 0 Å². The second-order valence-corrected chi connectivity index (χ2v) is 9.16. The van der Waals surface area contributed by atoms with Crippen molar-refractivity contribution in [2.75, 3.05) is 0 Å². The fourth-order valence-corrected chi connectivity index (χ4v) is 3.83. The molecule has 0 aliphatic carbocycles. The summed E-state index contributed by atoms with van der Waals surface area (Å²) >= 11 is 6.38. The average Bonchev–Trinajstić information content (AvgIpc) is 2.78. The van der Waals surface area contributed by atoms with Gasteiger partial charge in [0.2, 0.25) is 11.8 Å². The summed E-state index contributed by atoms with van der Waals surface area (Å²) in [7, 11) is 0. The third-order valence-electron chi connectivity index (χ3n) is 5.96. The lowest BCUT2D eigenvalue weighted by Gasteiger charge is -2.32. The molecule has 1 N–H and O–H groups in total. The Labute approximate surface area is 198 Å². The van der Waals surface area contributed by atoms with Crippen LogP contribution in [0.3, 0.4) is 0 Å². The Morgan fingerprint density at radius 1 is 0.969 bits per heavy atom. The van der Waals surface area contributed by atoms with Crippen molar-refractivity contribution in [1.29, 1.82) is 0 Å². The van der Waals surface area contributed by atoms with E-state index in [1.54, 1.807) is 4.90 Å². The van der Waals surface area contributed by atoms with Gasteiger partial charge in [0.1, 0.15) is 6.04 Å². The summed E-state index contributed by atoms with van der Waals surface area (Å²) < 4.78 is 0. The Morgan fingerprint density at radius 3 is 2.19 bits per heavy atom. The largest absolute Gasteiger partial charge is 0.352 e. The molecule has 2 atom stereocenters. The molecular formula is C27H37ClN2O2. The molecule has 2 amide bonds. The number of aryl methyl sites for hydroxylation is 1. The Morgan fingerprint density at radius 2 is 1.62 bits per heavy atom. The molecule has 5 heteroatoms. The molecule has 0 saturated heterocycles. The number of nitrogens with one attached hydrogen (secondary N) is 1. The molecule has 0 radical (unpaired) electrons. The molecule has 2 aromatic carbocycles. The lowest BCUT2D eigenvalue weighted by Crippen LogP contribution is -2.50. The second-order valence-electron chi connectivity index (χ2n) is 8.75. The average molecular weight is 457 g/mol. The predicted molar refractivity (Wildman–Crippen MR) is 133 cm³/mol. The number of amides is 2. The summed E-state index contributed by atoms with van der Waals surface area (Å²) in [5.74, 6) is 0.332. The molecule has 2 unspecified atom stereocenters. The Hall–Kier alpha value is -2.33. The first-order valence-corrected chi connectivity index (χ1v) is 12.1. The topological polar surface area (TPSA) is 49.4 Å². The standard InChI is InChI=1S/C27H37ClN2O2/c1-6-20(5)29-27(32)25(7-2)30(18-23-10-8-9-11-24(23)28)26(31)17-14-21-12-15-22(16-13-21)19(3)4/h8-13,15-16,19-20,25H,6-7,14,17-18H2,1-5H3,(H,29,32). The van der Waals surface area contributed by atoms with Crippen LogP contribution in [0.2, 0.25) is 5.02 Å². The Balaban J connectivity index is 2.20. The zero-order valence-corrected chi connectivity index (χ0v) is 20.8. The number of benzene rings is 2. The van der Waals surface area contributed by atoms with Crippen molar-refractivity contribution < 1.29 is 9.59 Å². The minimum absolute atomic E-state index is 0.0380. The fraction of sp³-hybridized carbons (Fsp3) is 0.481. The molecule has 4 nitrogen and oxygen atoms in total. The Bertz CT molecular complexity index is 879. The van der Waals surface area contributed by atoms with Crippen molar-refractivity contribution in [1.82, 2.24) is 10.2 Å². The molecule has 0 aromatic heterocycles. The van der Waals surface area contributed by atoms with Crippen molar-refractivity contribution in [2.45, 2.75) is 84.8 Å². The van der Waals surface area contributed by atoms with Gasteiger partial charge in [-0.25, -0.2) is 0 Å². The highest BCUT2D eigenvalue weighted by atomic mass is 35.5. The maximum absolute atomic E-state index is 13.4. The maximum atomic E-state index is 13.4. The van der Waals surface area contributed by atoms with Gasteiger partial charge in [0.25, 0.3) is 0 Å². The molecule has 0 aliphatic heterocycles. The summed E-state index contributed by atoms with van der Waals surface area (Å²) in [4.78, 5) is 28.1. The number of nitrogens with zero attached hydrogens (tertiary/aromatic N) is 1. The predicted octanol–water partition coefficient (Wildman–Crippen LogP) is 6.12. The Kier molecular flexibility index (Phi) is 10.2. The number of carbonyl (C=O) groups is 2. The lowest BCUT2D eigenvalue weighted by molar-refractivity contribution is -0.141. The minimum atomic E-state index is -0.531. The maximum Gasteiger partial charge on any atom is 0.243 e. The van der Waals surface area contributed by atoms with Gasteiger partial charge in [-0.15, -0.1) is 0 Å². The third-order valence-corrected chi connectivity index (χ3v) is 6.33. The first-order chi connectivity index (χ1) is 15.3. The zero-order chi connectivity index (χ0) is 23.7. The molecule has 0 aliphatic rings. The quantitative estimate of drug-likeness (QED) is 0.443. The van der Waals surface area contributed by atoms with E-state index in [0.29, 0.717) is 36.7 Å². The molecule has 32 heavy (non-hydrogen) atoms. The van der Waals surface area contributed by atoms with Crippen molar-refractivity contribution in [3.63, 3.8) is 0 Å². The van der Waals surface area contributed by atoms with E-state index in [0.717, 1.165) is 17.5 Å². The van der Waals surface area contributed by atoms with Crippen molar-refractivity contribution >= 4 is 23.4 Å². The molecule has 2 aromatic rings. The van der Waals surface area contributed by atoms with Gasteiger partial charge in [-0.2, -0.15) is 0 Å². The van der Waals surface area contributed by atoms with Crippen LogP contribution in [-0.2, 0) is 22.6 Å².